The number of para-hydroxylation sites is 1. The van der Waals surface area contributed by atoms with E-state index in [9.17, 15) is 0 Å². The smallest absolute Gasteiger partial charge is 0.231 e. The second-order valence-corrected chi connectivity index (χ2v) is 9.70. The van der Waals surface area contributed by atoms with E-state index in [1.807, 2.05) is 24.3 Å². The summed E-state index contributed by atoms with van der Waals surface area (Å²) in [7, 11) is 0. The molecule has 0 aliphatic carbocycles. The molecular weight excluding hydrogens is 448 g/mol. The molecule has 1 atom stereocenters. The van der Waals surface area contributed by atoms with Crippen molar-refractivity contribution in [1.82, 2.24) is 4.90 Å². The first-order valence-electron chi connectivity index (χ1n) is 12.1. The number of rotatable bonds is 5. The van der Waals surface area contributed by atoms with Crippen LogP contribution in [0.1, 0.15) is 30.4 Å². The Labute approximate surface area is 205 Å². The first kappa shape index (κ1) is 21.6. The lowest BCUT2D eigenvalue weighted by Crippen LogP contribution is -2.46. The Morgan fingerprint density at radius 2 is 1.74 bits per heavy atom. The van der Waals surface area contributed by atoms with Crippen LogP contribution in [-0.2, 0) is 13.0 Å². The van der Waals surface area contributed by atoms with Crippen molar-refractivity contribution in [2.45, 2.75) is 38.3 Å². The minimum Gasteiger partial charge on any atom is -0.487 e. The van der Waals surface area contributed by atoms with E-state index < -0.39 is 0 Å². The van der Waals surface area contributed by atoms with Gasteiger partial charge in [0.2, 0.25) is 6.79 Å². The van der Waals surface area contributed by atoms with E-state index in [-0.39, 0.29) is 0 Å². The second-order valence-electron chi connectivity index (χ2n) is 9.26. The fourth-order valence-electron chi connectivity index (χ4n) is 5.34. The number of nitrogens with zero attached hydrogens (tertiary/aromatic N) is 2. The van der Waals surface area contributed by atoms with E-state index in [1.165, 1.54) is 36.1 Å². The molecule has 1 fully saturated rings. The number of benzene rings is 3. The molecule has 0 saturated carbocycles. The zero-order valence-corrected chi connectivity index (χ0v) is 20.0. The third-order valence-electron chi connectivity index (χ3n) is 7.14. The van der Waals surface area contributed by atoms with E-state index in [0.717, 1.165) is 54.0 Å². The SMILES string of the molecule is Clc1ccc2c(c1)N(C[C@H]1CCCCN1CCc1ccc3c(c1)OCO3)c1ccccc1CO2. The van der Waals surface area contributed by atoms with Crippen molar-refractivity contribution >= 4 is 23.0 Å². The molecule has 5 nitrogen and oxygen atoms in total. The second kappa shape index (κ2) is 9.40. The Balaban J connectivity index is 1.25. The standard InChI is InChI=1S/C28H29ClN2O3/c29-22-9-11-26-25(16-22)31(24-7-2-1-5-21(24)18-32-26)17-23-6-3-4-13-30(23)14-12-20-8-10-27-28(15-20)34-19-33-27/h1-2,5,7-11,15-16,23H,3-4,6,12-14,17-19H2/t23-/m1/s1. The largest absolute Gasteiger partial charge is 0.487 e. The summed E-state index contributed by atoms with van der Waals surface area (Å²) in [4.78, 5) is 5.08. The predicted octanol–water partition coefficient (Wildman–Crippen LogP) is 6.20. The van der Waals surface area contributed by atoms with Crippen LogP contribution in [0.4, 0.5) is 11.4 Å². The van der Waals surface area contributed by atoms with Gasteiger partial charge in [0.05, 0.1) is 5.69 Å². The van der Waals surface area contributed by atoms with Crippen molar-refractivity contribution in [2.24, 2.45) is 0 Å². The fourth-order valence-corrected chi connectivity index (χ4v) is 5.51. The number of hydrogen-bond donors (Lipinski definition) is 0. The normalized spacial score (nSPS) is 19.2. The Morgan fingerprint density at radius 1 is 0.853 bits per heavy atom. The van der Waals surface area contributed by atoms with Crippen molar-refractivity contribution in [2.75, 3.05) is 31.3 Å². The third kappa shape index (κ3) is 4.30. The Morgan fingerprint density at radius 3 is 2.71 bits per heavy atom. The highest BCUT2D eigenvalue weighted by molar-refractivity contribution is 6.31. The summed E-state index contributed by atoms with van der Waals surface area (Å²) < 4.78 is 17.2. The number of halogens is 1. The van der Waals surface area contributed by atoms with E-state index in [4.69, 9.17) is 25.8 Å². The lowest BCUT2D eigenvalue weighted by atomic mass is 9.99. The van der Waals surface area contributed by atoms with Crippen LogP contribution in [0.2, 0.25) is 5.02 Å². The van der Waals surface area contributed by atoms with Crippen molar-refractivity contribution in [3.8, 4) is 17.2 Å². The molecule has 3 aliphatic rings. The van der Waals surface area contributed by atoms with Crippen LogP contribution in [0, 0.1) is 0 Å². The van der Waals surface area contributed by atoms with Crippen LogP contribution >= 0.6 is 11.6 Å². The molecule has 34 heavy (non-hydrogen) atoms. The zero-order chi connectivity index (χ0) is 22.9. The number of likely N-dealkylation sites (tertiary alicyclic amines) is 1. The molecule has 0 unspecified atom stereocenters. The highest BCUT2D eigenvalue weighted by Crippen LogP contribution is 2.41. The van der Waals surface area contributed by atoms with Gasteiger partial charge in [-0.1, -0.05) is 42.3 Å². The lowest BCUT2D eigenvalue weighted by Gasteiger charge is -2.39. The lowest BCUT2D eigenvalue weighted by molar-refractivity contribution is 0.154. The van der Waals surface area contributed by atoms with Crippen LogP contribution in [0.5, 0.6) is 17.2 Å². The van der Waals surface area contributed by atoms with Crippen LogP contribution in [-0.4, -0.2) is 37.4 Å². The molecule has 0 spiro atoms. The van der Waals surface area contributed by atoms with Gasteiger partial charge in [0.15, 0.2) is 11.5 Å². The van der Waals surface area contributed by atoms with Crippen LogP contribution in [0.15, 0.2) is 60.7 Å². The minimum atomic E-state index is 0.319. The molecule has 3 aromatic carbocycles. The third-order valence-corrected chi connectivity index (χ3v) is 7.38. The van der Waals surface area contributed by atoms with Gasteiger partial charge < -0.3 is 19.1 Å². The van der Waals surface area contributed by atoms with Crippen molar-refractivity contribution in [3.63, 3.8) is 0 Å². The topological polar surface area (TPSA) is 34.2 Å². The quantitative estimate of drug-likeness (QED) is 0.438. The molecule has 0 N–H and O–H groups in total. The van der Waals surface area contributed by atoms with Gasteiger partial charge >= 0.3 is 0 Å². The van der Waals surface area contributed by atoms with E-state index in [0.29, 0.717) is 19.4 Å². The Bertz CT molecular complexity index is 1180. The molecule has 3 heterocycles. The van der Waals surface area contributed by atoms with Gasteiger partial charge in [-0.15, -0.1) is 0 Å². The summed E-state index contributed by atoms with van der Waals surface area (Å²) in [5, 5.41) is 0.732. The minimum absolute atomic E-state index is 0.319. The van der Waals surface area contributed by atoms with Gasteiger partial charge in [0.1, 0.15) is 12.4 Å². The van der Waals surface area contributed by atoms with Crippen LogP contribution in [0.3, 0.4) is 0 Å². The maximum atomic E-state index is 6.44. The van der Waals surface area contributed by atoms with Crippen molar-refractivity contribution in [1.29, 1.82) is 0 Å². The summed E-state index contributed by atoms with van der Waals surface area (Å²) in [5.74, 6) is 2.60. The molecule has 176 valence electrons. The fraction of sp³-hybridized carbons (Fsp3) is 0.357. The Kier molecular flexibility index (Phi) is 5.98. The number of fused-ring (bicyclic) bond motifs is 3. The van der Waals surface area contributed by atoms with Gasteiger partial charge in [-0.25, -0.2) is 0 Å². The molecule has 0 radical (unpaired) electrons. The number of piperidine rings is 1. The average Bonchev–Trinajstić information content (AvgIpc) is 3.28. The highest BCUT2D eigenvalue weighted by Gasteiger charge is 2.29. The molecule has 6 heteroatoms. The maximum Gasteiger partial charge on any atom is 0.231 e. The molecule has 6 rings (SSSR count). The first-order chi connectivity index (χ1) is 16.7. The van der Waals surface area contributed by atoms with Crippen molar-refractivity contribution in [3.05, 3.63) is 76.8 Å². The number of hydrogen-bond acceptors (Lipinski definition) is 5. The van der Waals surface area contributed by atoms with Gasteiger partial charge in [-0.3, -0.25) is 4.90 Å². The molecule has 0 bridgehead atoms. The summed E-state index contributed by atoms with van der Waals surface area (Å²) >= 11 is 6.44. The Hall–Kier alpha value is -2.89. The average molecular weight is 477 g/mol. The van der Waals surface area contributed by atoms with Crippen LogP contribution in [0.25, 0.3) is 0 Å². The number of anilines is 2. The van der Waals surface area contributed by atoms with E-state index >= 15 is 0 Å². The zero-order valence-electron chi connectivity index (χ0n) is 19.2. The van der Waals surface area contributed by atoms with E-state index in [2.05, 4.69) is 46.2 Å². The maximum absolute atomic E-state index is 6.44. The first-order valence-corrected chi connectivity index (χ1v) is 12.5. The molecule has 3 aliphatic heterocycles. The predicted molar refractivity (Wildman–Crippen MR) is 135 cm³/mol. The van der Waals surface area contributed by atoms with Gasteiger partial charge in [0, 0.05) is 35.4 Å². The van der Waals surface area contributed by atoms with Gasteiger partial charge in [-0.2, -0.15) is 0 Å². The highest BCUT2D eigenvalue weighted by atomic mass is 35.5. The molecule has 3 aromatic rings. The summed E-state index contributed by atoms with van der Waals surface area (Å²) in [5.41, 5.74) is 4.76. The summed E-state index contributed by atoms with van der Waals surface area (Å²) in [6.45, 7) is 3.95. The molecule has 0 amide bonds. The molecule has 1 saturated heterocycles. The molecular formula is C28H29ClN2O3. The van der Waals surface area contributed by atoms with E-state index in [1.54, 1.807) is 0 Å². The summed E-state index contributed by atoms with van der Waals surface area (Å²) in [6, 6.07) is 21.3. The van der Waals surface area contributed by atoms with Gasteiger partial charge in [-0.05, 0) is 67.8 Å². The van der Waals surface area contributed by atoms with Crippen molar-refractivity contribution < 1.29 is 14.2 Å². The van der Waals surface area contributed by atoms with Gasteiger partial charge in [0.25, 0.3) is 0 Å². The monoisotopic (exact) mass is 476 g/mol. The number of ether oxygens (including phenoxy) is 3. The summed E-state index contributed by atoms with van der Waals surface area (Å²) in [6.07, 6.45) is 4.70. The molecule has 0 aromatic heterocycles. The van der Waals surface area contributed by atoms with Crippen LogP contribution < -0.4 is 19.1 Å².